The molecule has 0 aromatic heterocycles. The van der Waals surface area contributed by atoms with Gasteiger partial charge in [0.25, 0.3) is 0 Å². The second-order valence-corrected chi connectivity index (χ2v) is 20.1. The molecule has 0 bridgehead atoms. The molecule has 1 aliphatic carbocycles. The minimum atomic E-state index is -1.89. The van der Waals surface area contributed by atoms with E-state index in [4.69, 9.17) is 0 Å². The molecule has 1 heterocycles. The van der Waals surface area contributed by atoms with E-state index in [2.05, 4.69) is 197 Å². The molecule has 0 unspecified atom stereocenters. The lowest BCUT2D eigenvalue weighted by molar-refractivity contribution is 0.660. The molecule has 10 rings (SSSR count). The highest BCUT2D eigenvalue weighted by atomic mass is 28.3. The highest BCUT2D eigenvalue weighted by Crippen LogP contribution is 2.51. The van der Waals surface area contributed by atoms with Gasteiger partial charge < -0.3 is 4.90 Å². The fourth-order valence-corrected chi connectivity index (χ4v) is 12.6. The third-order valence-corrected chi connectivity index (χ3v) is 15.8. The second-order valence-electron chi connectivity index (χ2n) is 15.8. The zero-order chi connectivity index (χ0) is 35.4. The third-order valence-electron chi connectivity index (χ3n) is 12.3. The molecule has 1 aliphatic heterocycles. The Morgan fingerprint density at radius 1 is 0.423 bits per heavy atom. The number of para-hydroxylation sites is 1. The van der Waals surface area contributed by atoms with E-state index in [0.29, 0.717) is 0 Å². The summed E-state index contributed by atoms with van der Waals surface area (Å²) in [6, 6.07) is 59.6. The van der Waals surface area contributed by atoms with E-state index in [1.54, 1.807) is 0 Å². The summed E-state index contributed by atoms with van der Waals surface area (Å²) in [5.41, 5.74) is 15.7. The minimum absolute atomic E-state index is 0.0758. The maximum absolute atomic E-state index is 2.50. The fourth-order valence-electron chi connectivity index (χ4n) is 9.53. The van der Waals surface area contributed by atoms with Gasteiger partial charge in [0.2, 0.25) is 0 Å². The van der Waals surface area contributed by atoms with Crippen LogP contribution in [0.15, 0.2) is 158 Å². The Labute approximate surface area is 307 Å². The average Bonchev–Trinajstić information content (AvgIpc) is 3.41. The number of nitrogens with zero attached hydrogens (tertiary/aromatic N) is 1. The van der Waals surface area contributed by atoms with Crippen LogP contribution in [0, 0.1) is 0 Å². The molecule has 0 atom stereocenters. The van der Waals surface area contributed by atoms with E-state index in [9.17, 15) is 0 Å². The highest BCUT2D eigenvalue weighted by molar-refractivity contribution is 7.02. The number of anilines is 2. The summed E-state index contributed by atoms with van der Waals surface area (Å²) in [4.78, 5) is 2.42. The normalized spacial score (nSPS) is 14.9. The molecule has 2 heteroatoms. The highest BCUT2D eigenvalue weighted by Gasteiger charge is 2.38. The lowest BCUT2D eigenvalue weighted by Crippen LogP contribution is -2.58. The first kappa shape index (κ1) is 31.1. The van der Waals surface area contributed by atoms with Crippen LogP contribution in [0.1, 0.15) is 25.0 Å². The van der Waals surface area contributed by atoms with Gasteiger partial charge in [-0.25, -0.2) is 0 Å². The van der Waals surface area contributed by atoms with Crippen LogP contribution in [0.3, 0.4) is 0 Å². The quantitative estimate of drug-likeness (QED) is 0.132. The van der Waals surface area contributed by atoms with Crippen LogP contribution in [0.5, 0.6) is 0 Å². The van der Waals surface area contributed by atoms with Gasteiger partial charge >= 0.3 is 0 Å². The molecule has 0 radical (unpaired) electrons. The lowest BCUT2D eigenvalue weighted by Gasteiger charge is -2.39. The zero-order valence-electron chi connectivity index (χ0n) is 30.5. The first-order valence-electron chi connectivity index (χ1n) is 18.5. The van der Waals surface area contributed by atoms with Gasteiger partial charge in [0, 0.05) is 23.8 Å². The van der Waals surface area contributed by atoms with Crippen molar-refractivity contribution in [3.63, 3.8) is 0 Å². The van der Waals surface area contributed by atoms with Gasteiger partial charge in [-0.15, -0.1) is 0 Å². The lowest BCUT2D eigenvalue weighted by atomic mass is 9.80. The Kier molecular flexibility index (Phi) is 6.66. The van der Waals surface area contributed by atoms with Crippen molar-refractivity contribution < 1.29 is 0 Å². The van der Waals surface area contributed by atoms with Crippen LogP contribution in [0.2, 0.25) is 13.1 Å². The number of benzene rings is 8. The molecule has 1 nitrogen and oxygen atoms in total. The summed E-state index contributed by atoms with van der Waals surface area (Å²) in [6.07, 6.45) is 0. The molecule has 2 aliphatic rings. The van der Waals surface area contributed by atoms with Crippen molar-refractivity contribution in [2.24, 2.45) is 0 Å². The standard InChI is InChI=1S/C50H41NSi/c1-50(2)42-20-12-11-17-36(42)37-26-24-34(30-43(37)50)49-39-19-10-9-18-38(39)48(40-27-23-33(29-41(40)49)32-15-7-6-8-16-32)35-25-28-47-45(31-35)51(3)44-21-13-14-22-46(44)52(47,4)5/h6-31H,1-5H3. The Balaban J connectivity index is 1.26. The molecule has 0 saturated carbocycles. The minimum Gasteiger partial charge on any atom is -0.345 e. The number of hydrogen-bond donors (Lipinski definition) is 0. The number of rotatable bonds is 3. The van der Waals surface area contributed by atoms with Crippen molar-refractivity contribution in [3.8, 4) is 44.5 Å². The Hall–Kier alpha value is -5.70. The van der Waals surface area contributed by atoms with E-state index in [1.807, 2.05) is 0 Å². The van der Waals surface area contributed by atoms with Gasteiger partial charge in [-0.3, -0.25) is 0 Å². The molecular formula is C50H41NSi. The molecule has 0 N–H and O–H groups in total. The summed E-state index contributed by atoms with van der Waals surface area (Å²) in [5, 5.41) is 8.15. The monoisotopic (exact) mass is 683 g/mol. The van der Waals surface area contributed by atoms with Crippen LogP contribution in [-0.4, -0.2) is 15.1 Å². The Morgan fingerprint density at radius 3 is 1.81 bits per heavy atom. The topological polar surface area (TPSA) is 3.24 Å². The van der Waals surface area contributed by atoms with Gasteiger partial charge in [0.05, 0.1) is 0 Å². The Bertz CT molecular complexity index is 2750. The van der Waals surface area contributed by atoms with Crippen molar-refractivity contribution in [1.29, 1.82) is 0 Å². The number of hydrogen-bond acceptors (Lipinski definition) is 1. The van der Waals surface area contributed by atoms with Crippen molar-refractivity contribution in [2.45, 2.75) is 32.4 Å². The third kappa shape index (κ3) is 4.34. The summed E-state index contributed by atoms with van der Waals surface area (Å²) in [7, 11) is 0.352. The van der Waals surface area contributed by atoms with Crippen LogP contribution in [0.25, 0.3) is 66.1 Å². The van der Waals surface area contributed by atoms with Crippen molar-refractivity contribution in [3.05, 3.63) is 169 Å². The molecule has 0 fully saturated rings. The van der Waals surface area contributed by atoms with E-state index in [0.717, 1.165) is 0 Å². The van der Waals surface area contributed by atoms with Crippen molar-refractivity contribution >= 4 is 51.4 Å². The second kappa shape index (κ2) is 11.1. The predicted octanol–water partition coefficient (Wildman–Crippen LogP) is 12.2. The first-order chi connectivity index (χ1) is 25.2. The van der Waals surface area contributed by atoms with Gasteiger partial charge in [-0.2, -0.15) is 0 Å². The summed E-state index contributed by atoms with van der Waals surface area (Å²) in [6.45, 7) is 9.75. The predicted molar refractivity (Wildman–Crippen MR) is 227 cm³/mol. The summed E-state index contributed by atoms with van der Waals surface area (Å²) < 4.78 is 0. The van der Waals surface area contributed by atoms with E-state index < -0.39 is 8.07 Å². The van der Waals surface area contributed by atoms with Crippen molar-refractivity contribution in [1.82, 2.24) is 0 Å². The summed E-state index contributed by atoms with van der Waals surface area (Å²) in [5.74, 6) is 0. The molecule has 52 heavy (non-hydrogen) atoms. The number of fused-ring (bicyclic) bond motifs is 7. The van der Waals surface area contributed by atoms with E-state index >= 15 is 0 Å². The van der Waals surface area contributed by atoms with E-state index in [-0.39, 0.29) is 5.41 Å². The van der Waals surface area contributed by atoms with E-state index in [1.165, 1.54) is 98.9 Å². The SMILES string of the molecule is CN1c2ccccc2[Si](C)(C)c2ccc(-c3c4ccccc4c(-c4ccc5c(c4)C(C)(C)c4ccccc4-5)c4cc(-c5ccccc5)ccc34)cc21. The van der Waals surface area contributed by atoms with Crippen LogP contribution >= 0.6 is 0 Å². The fraction of sp³-hybridized carbons (Fsp3) is 0.120. The average molecular weight is 684 g/mol. The van der Waals surface area contributed by atoms with Gasteiger partial charge in [0.15, 0.2) is 0 Å². The zero-order valence-corrected chi connectivity index (χ0v) is 31.5. The summed E-state index contributed by atoms with van der Waals surface area (Å²) >= 11 is 0. The van der Waals surface area contributed by atoms with Gasteiger partial charge in [-0.1, -0.05) is 160 Å². The molecule has 8 aromatic carbocycles. The molecule has 250 valence electrons. The van der Waals surface area contributed by atoms with Gasteiger partial charge in [-0.05, 0) is 112 Å². The molecular weight excluding hydrogens is 643 g/mol. The van der Waals surface area contributed by atoms with Crippen molar-refractivity contribution in [2.75, 3.05) is 11.9 Å². The van der Waals surface area contributed by atoms with Crippen LogP contribution in [-0.2, 0) is 5.41 Å². The Morgan fingerprint density at radius 2 is 1.00 bits per heavy atom. The molecule has 8 aromatic rings. The maximum Gasteiger partial charge on any atom is 0.117 e. The first-order valence-corrected chi connectivity index (χ1v) is 21.5. The van der Waals surface area contributed by atoms with Crippen LogP contribution < -0.4 is 15.3 Å². The molecule has 0 spiro atoms. The van der Waals surface area contributed by atoms with Gasteiger partial charge in [0.1, 0.15) is 8.07 Å². The maximum atomic E-state index is 2.50. The smallest absolute Gasteiger partial charge is 0.117 e. The molecule has 0 amide bonds. The molecule has 0 saturated heterocycles. The largest absolute Gasteiger partial charge is 0.345 e. The van der Waals surface area contributed by atoms with Crippen LogP contribution in [0.4, 0.5) is 11.4 Å².